The molecule has 7 heteroatoms. The normalized spacial score (nSPS) is 13.7. The summed E-state index contributed by atoms with van der Waals surface area (Å²) in [5.74, 6) is -0.395. The standard InChI is InChI=1S/C8H18O5SSi/c1-7(14)5-6-8(9)13-15(10-2,11-3)12-4/h7,14H,5-6H2,1-4H3. The van der Waals surface area contributed by atoms with E-state index in [9.17, 15) is 4.79 Å². The molecule has 0 aromatic rings. The van der Waals surface area contributed by atoms with Crippen molar-refractivity contribution in [3.63, 3.8) is 0 Å². The van der Waals surface area contributed by atoms with Gasteiger partial charge in [0.05, 0.1) is 0 Å². The summed E-state index contributed by atoms with van der Waals surface area (Å²) in [5.41, 5.74) is 0. The monoisotopic (exact) mass is 254 g/mol. The number of thiol groups is 1. The lowest BCUT2D eigenvalue weighted by molar-refractivity contribution is -0.142. The predicted octanol–water partition coefficient (Wildman–Crippen LogP) is 1.00. The third kappa shape index (κ3) is 5.52. The molecule has 5 nitrogen and oxygen atoms in total. The van der Waals surface area contributed by atoms with Crippen molar-refractivity contribution in [2.75, 3.05) is 21.3 Å². The van der Waals surface area contributed by atoms with E-state index in [-0.39, 0.29) is 11.7 Å². The maximum Gasteiger partial charge on any atom is 0.750 e. The Kier molecular flexibility index (Phi) is 7.19. The minimum atomic E-state index is -3.23. The molecule has 0 N–H and O–H groups in total. The van der Waals surface area contributed by atoms with Gasteiger partial charge in [0.1, 0.15) is 0 Å². The van der Waals surface area contributed by atoms with Gasteiger partial charge in [-0.25, -0.2) is 0 Å². The van der Waals surface area contributed by atoms with Gasteiger partial charge in [-0.1, -0.05) is 6.92 Å². The number of carbonyl (C=O) groups is 1. The molecule has 1 atom stereocenters. The summed E-state index contributed by atoms with van der Waals surface area (Å²) >= 11 is 4.16. The number of hydrogen-bond acceptors (Lipinski definition) is 6. The quantitative estimate of drug-likeness (QED) is 0.543. The molecule has 0 aliphatic carbocycles. The lowest BCUT2D eigenvalue weighted by Gasteiger charge is -2.22. The van der Waals surface area contributed by atoms with Gasteiger partial charge in [0.15, 0.2) is 0 Å². The van der Waals surface area contributed by atoms with Crippen LogP contribution in [0.2, 0.25) is 0 Å². The average molecular weight is 254 g/mol. The first-order valence-corrected chi connectivity index (χ1v) is 6.70. The Morgan fingerprint density at radius 3 is 2.07 bits per heavy atom. The summed E-state index contributed by atoms with van der Waals surface area (Å²) in [5, 5.41) is 0.154. The molecule has 0 aromatic heterocycles. The maximum atomic E-state index is 11.4. The van der Waals surface area contributed by atoms with Crippen LogP contribution in [-0.2, 0) is 22.5 Å². The van der Waals surface area contributed by atoms with Gasteiger partial charge in [-0.2, -0.15) is 12.6 Å². The fourth-order valence-corrected chi connectivity index (χ4v) is 2.15. The second-order valence-corrected chi connectivity index (χ2v) is 6.28. The zero-order valence-electron chi connectivity index (χ0n) is 9.48. The second-order valence-electron chi connectivity index (χ2n) is 2.97. The van der Waals surface area contributed by atoms with Crippen molar-refractivity contribution < 1.29 is 22.5 Å². The third-order valence-electron chi connectivity index (χ3n) is 1.76. The highest BCUT2D eigenvalue weighted by atomic mass is 32.1. The Morgan fingerprint density at radius 2 is 1.73 bits per heavy atom. The topological polar surface area (TPSA) is 54.0 Å². The van der Waals surface area contributed by atoms with E-state index in [0.29, 0.717) is 6.42 Å². The molecule has 0 aliphatic rings. The molecule has 0 aromatic carbocycles. The molecule has 0 saturated carbocycles. The first kappa shape index (κ1) is 14.9. The van der Waals surface area contributed by atoms with E-state index in [0.717, 1.165) is 0 Å². The van der Waals surface area contributed by atoms with E-state index < -0.39 is 15.0 Å². The SMILES string of the molecule is CO[Si](OC)(OC)OC(=O)CCC(C)S. The van der Waals surface area contributed by atoms with E-state index in [2.05, 4.69) is 12.6 Å². The fraction of sp³-hybridized carbons (Fsp3) is 0.875. The van der Waals surface area contributed by atoms with E-state index in [1.807, 2.05) is 6.92 Å². The largest absolute Gasteiger partial charge is 0.750 e. The van der Waals surface area contributed by atoms with Crippen LogP contribution in [0, 0.1) is 0 Å². The minimum Gasteiger partial charge on any atom is -0.452 e. The van der Waals surface area contributed by atoms with Crippen LogP contribution in [-0.4, -0.2) is 41.6 Å². The summed E-state index contributed by atoms with van der Waals surface area (Å²) < 4.78 is 19.9. The predicted molar refractivity (Wildman–Crippen MR) is 60.6 cm³/mol. The van der Waals surface area contributed by atoms with Crippen LogP contribution < -0.4 is 0 Å². The van der Waals surface area contributed by atoms with Crippen molar-refractivity contribution in [1.29, 1.82) is 0 Å². The highest BCUT2D eigenvalue weighted by Crippen LogP contribution is 2.11. The van der Waals surface area contributed by atoms with Gasteiger partial charge < -0.3 is 17.7 Å². The summed E-state index contributed by atoms with van der Waals surface area (Å²) in [7, 11) is 0.921. The zero-order chi connectivity index (χ0) is 11.9. The number of hydrogen-bond donors (Lipinski definition) is 1. The molecule has 0 saturated heterocycles. The molecule has 0 rings (SSSR count). The summed E-state index contributed by atoms with van der Waals surface area (Å²) in [6.45, 7) is 1.91. The molecule has 0 spiro atoms. The van der Waals surface area contributed by atoms with Crippen LogP contribution in [0.15, 0.2) is 0 Å². The van der Waals surface area contributed by atoms with E-state index in [4.69, 9.17) is 17.7 Å². The third-order valence-corrected chi connectivity index (χ3v) is 3.99. The van der Waals surface area contributed by atoms with Crippen molar-refractivity contribution in [2.45, 2.75) is 25.0 Å². The van der Waals surface area contributed by atoms with Crippen molar-refractivity contribution >= 4 is 27.6 Å². The van der Waals surface area contributed by atoms with E-state index in [1.54, 1.807) is 0 Å². The highest BCUT2D eigenvalue weighted by Gasteiger charge is 2.46. The minimum absolute atomic E-state index is 0.154. The molecule has 0 aliphatic heterocycles. The van der Waals surface area contributed by atoms with Crippen LogP contribution in [0.1, 0.15) is 19.8 Å². The molecule has 15 heavy (non-hydrogen) atoms. The molecular formula is C8H18O5SSi. The van der Waals surface area contributed by atoms with Gasteiger partial charge in [-0.05, 0) is 11.7 Å². The van der Waals surface area contributed by atoms with Crippen molar-refractivity contribution in [2.24, 2.45) is 0 Å². The van der Waals surface area contributed by atoms with Crippen molar-refractivity contribution in [3.05, 3.63) is 0 Å². The Balaban J connectivity index is 4.11. The van der Waals surface area contributed by atoms with Crippen molar-refractivity contribution in [1.82, 2.24) is 0 Å². The fourth-order valence-electron chi connectivity index (χ4n) is 0.892. The molecule has 0 radical (unpaired) electrons. The van der Waals surface area contributed by atoms with Gasteiger partial charge in [-0.15, -0.1) is 0 Å². The Labute approximate surface area is 96.9 Å². The summed E-state index contributed by atoms with van der Waals surface area (Å²) in [6, 6.07) is 0. The van der Waals surface area contributed by atoms with Gasteiger partial charge >= 0.3 is 9.05 Å². The molecule has 1 unspecified atom stereocenters. The molecule has 0 bridgehead atoms. The first-order chi connectivity index (χ1) is 6.99. The molecule has 90 valence electrons. The van der Waals surface area contributed by atoms with Crippen LogP contribution in [0.5, 0.6) is 0 Å². The average Bonchev–Trinajstić information content (AvgIpc) is 2.23. The lowest BCUT2D eigenvalue weighted by Crippen LogP contribution is -2.48. The Morgan fingerprint density at radius 1 is 1.27 bits per heavy atom. The maximum absolute atomic E-state index is 11.4. The smallest absolute Gasteiger partial charge is 0.452 e. The Bertz CT molecular complexity index is 187. The molecule has 0 heterocycles. The zero-order valence-corrected chi connectivity index (χ0v) is 11.4. The number of carbonyl (C=O) groups excluding carboxylic acids is 1. The lowest BCUT2D eigenvalue weighted by atomic mass is 10.2. The van der Waals surface area contributed by atoms with Gasteiger partial charge in [-0.3, -0.25) is 4.79 Å². The van der Waals surface area contributed by atoms with Gasteiger partial charge in [0.25, 0.3) is 5.97 Å². The first-order valence-electron chi connectivity index (χ1n) is 4.55. The van der Waals surface area contributed by atoms with Crippen LogP contribution in [0.3, 0.4) is 0 Å². The van der Waals surface area contributed by atoms with E-state index in [1.165, 1.54) is 21.3 Å². The van der Waals surface area contributed by atoms with Crippen molar-refractivity contribution in [3.8, 4) is 0 Å². The molecule has 0 amide bonds. The summed E-state index contributed by atoms with van der Waals surface area (Å²) in [4.78, 5) is 11.4. The van der Waals surface area contributed by atoms with Crippen LogP contribution >= 0.6 is 12.6 Å². The second kappa shape index (κ2) is 7.23. The molecule has 0 fully saturated rings. The highest BCUT2D eigenvalue weighted by molar-refractivity contribution is 7.80. The number of rotatable bonds is 7. The Hall–Kier alpha value is -0.0831. The van der Waals surface area contributed by atoms with Gasteiger partial charge in [0.2, 0.25) is 0 Å². The van der Waals surface area contributed by atoms with Crippen LogP contribution in [0.4, 0.5) is 0 Å². The van der Waals surface area contributed by atoms with E-state index >= 15 is 0 Å². The molecular weight excluding hydrogens is 236 g/mol. The summed E-state index contributed by atoms with van der Waals surface area (Å²) in [6.07, 6.45) is 0.916. The van der Waals surface area contributed by atoms with Crippen LogP contribution in [0.25, 0.3) is 0 Å². The van der Waals surface area contributed by atoms with Gasteiger partial charge in [0, 0.05) is 27.8 Å².